The van der Waals surface area contributed by atoms with Crippen LogP contribution in [0.3, 0.4) is 0 Å². The van der Waals surface area contributed by atoms with Crippen LogP contribution in [-0.4, -0.2) is 18.0 Å². The van der Waals surface area contributed by atoms with E-state index in [-0.39, 0.29) is 5.91 Å². The van der Waals surface area contributed by atoms with Gasteiger partial charge in [-0.1, -0.05) is 29.8 Å². The largest absolute Gasteiger partial charge is 0.352 e. The Bertz CT molecular complexity index is 423. The molecule has 0 saturated heterocycles. The molecule has 0 saturated carbocycles. The molecule has 0 aliphatic heterocycles. The number of carbonyl (C=O) groups excluding carboxylic acids is 2. The molecule has 0 aromatic heterocycles. The van der Waals surface area contributed by atoms with Gasteiger partial charge in [0.25, 0.3) is 0 Å². The minimum Gasteiger partial charge on any atom is -0.352 e. The van der Waals surface area contributed by atoms with Crippen LogP contribution in [0.5, 0.6) is 0 Å². The predicted octanol–water partition coefficient (Wildman–Crippen LogP) is 1.01. The third kappa shape index (κ3) is 4.32. The number of nitrogens with two attached hydrogens (primary N) is 1. The number of halogens is 1. The maximum atomic E-state index is 11.5. The van der Waals surface area contributed by atoms with Gasteiger partial charge in [0.1, 0.15) is 6.04 Å². The van der Waals surface area contributed by atoms with E-state index in [1.54, 1.807) is 13.0 Å². The van der Waals surface area contributed by atoms with Crippen LogP contribution in [0.1, 0.15) is 12.5 Å². The molecule has 4 N–H and O–H groups in total. The van der Waals surface area contributed by atoms with E-state index in [0.717, 1.165) is 5.56 Å². The first-order valence-electron chi connectivity index (χ1n) is 5.08. The third-order valence-electron chi connectivity index (χ3n) is 2.16. The predicted molar refractivity (Wildman–Crippen MR) is 65.5 cm³/mol. The number of rotatable bonds is 4. The normalized spacial score (nSPS) is 11.6. The molecule has 0 bridgehead atoms. The van der Waals surface area contributed by atoms with Gasteiger partial charge in [-0.05, 0) is 18.6 Å². The minimum atomic E-state index is -0.731. The molecular formula is C11H14ClN3O2. The summed E-state index contributed by atoms with van der Waals surface area (Å²) in [7, 11) is 0. The van der Waals surface area contributed by atoms with E-state index in [2.05, 4.69) is 10.6 Å². The summed E-state index contributed by atoms with van der Waals surface area (Å²) in [4.78, 5) is 22.1. The summed E-state index contributed by atoms with van der Waals surface area (Å²) < 4.78 is 0. The molecule has 0 spiro atoms. The van der Waals surface area contributed by atoms with Crippen LogP contribution < -0.4 is 16.4 Å². The highest BCUT2D eigenvalue weighted by molar-refractivity contribution is 6.31. The average molecular weight is 256 g/mol. The van der Waals surface area contributed by atoms with Crippen LogP contribution in [0, 0.1) is 0 Å². The number of benzene rings is 1. The van der Waals surface area contributed by atoms with E-state index in [4.69, 9.17) is 17.3 Å². The summed E-state index contributed by atoms with van der Waals surface area (Å²) in [5, 5.41) is 5.52. The van der Waals surface area contributed by atoms with Gasteiger partial charge >= 0.3 is 6.03 Å². The first kappa shape index (κ1) is 13.3. The zero-order valence-electron chi connectivity index (χ0n) is 9.37. The molecule has 1 atom stereocenters. The summed E-state index contributed by atoms with van der Waals surface area (Å²) in [5.74, 6) is -0.316. The van der Waals surface area contributed by atoms with Gasteiger partial charge < -0.3 is 16.4 Å². The van der Waals surface area contributed by atoms with Crippen molar-refractivity contribution in [2.75, 3.05) is 0 Å². The maximum absolute atomic E-state index is 11.5. The van der Waals surface area contributed by atoms with Crippen LogP contribution in [-0.2, 0) is 11.3 Å². The highest BCUT2D eigenvalue weighted by Gasteiger charge is 2.13. The molecule has 92 valence electrons. The van der Waals surface area contributed by atoms with Crippen molar-refractivity contribution in [1.29, 1.82) is 0 Å². The lowest BCUT2D eigenvalue weighted by Gasteiger charge is -2.12. The Labute approximate surface area is 104 Å². The molecule has 0 unspecified atom stereocenters. The summed E-state index contributed by atoms with van der Waals surface area (Å²) in [6.45, 7) is 1.86. The van der Waals surface area contributed by atoms with Crippen molar-refractivity contribution < 1.29 is 9.59 Å². The number of amides is 3. The first-order valence-corrected chi connectivity index (χ1v) is 5.45. The van der Waals surface area contributed by atoms with E-state index >= 15 is 0 Å². The molecule has 3 amide bonds. The highest BCUT2D eigenvalue weighted by atomic mass is 35.5. The van der Waals surface area contributed by atoms with E-state index in [1.165, 1.54) is 0 Å². The average Bonchev–Trinajstić information content (AvgIpc) is 2.26. The van der Waals surface area contributed by atoms with Crippen LogP contribution in [0.4, 0.5) is 4.79 Å². The third-order valence-corrected chi connectivity index (χ3v) is 2.53. The molecular weight excluding hydrogens is 242 g/mol. The van der Waals surface area contributed by atoms with Gasteiger partial charge in [-0.3, -0.25) is 4.79 Å². The Morgan fingerprint density at radius 3 is 2.65 bits per heavy atom. The van der Waals surface area contributed by atoms with Gasteiger partial charge in [0.05, 0.1) is 0 Å². The molecule has 1 aromatic carbocycles. The lowest BCUT2D eigenvalue weighted by molar-refractivity contribution is -0.122. The van der Waals surface area contributed by atoms with Gasteiger partial charge in [-0.25, -0.2) is 4.79 Å². The monoisotopic (exact) mass is 255 g/mol. The zero-order valence-corrected chi connectivity index (χ0v) is 10.1. The Morgan fingerprint density at radius 2 is 2.06 bits per heavy atom. The molecule has 1 rings (SSSR count). The number of nitrogens with one attached hydrogen (secondary N) is 2. The standard InChI is InChI=1S/C11H14ClN3O2/c1-7(15-11(13)17)10(16)14-6-8-4-2-3-5-9(8)12/h2-5,7H,6H2,1H3,(H,14,16)(H3,13,15,17)/t7-/m0/s1. The van der Waals surface area contributed by atoms with E-state index in [1.807, 2.05) is 18.2 Å². The lowest BCUT2D eigenvalue weighted by atomic mass is 10.2. The minimum absolute atomic E-state index is 0.309. The summed E-state index contributed by atoms with van der Waals surface area (Å²) in [6, 6.07) is 5.80. The Kier molecular flexibility index (Phi) is 4.78. The Hall–Kier alpha value is -1.75. The van der Waals surface area contributed by atoms with Crippen LogP contribution in [0.15, 0.2) is 24.3 Å². The number of primary amides is 1. The van der Waals surface area contributed by atoms with Gasteiger partial charge in [-0.2, -0.15) is 0 Å². The molecule has 5 nitrogen and oxygen atoms in total. The fourth-order valence-electron chi connectivity index (χ4n) is 1.26. The molecule has 0 fully saturated rings. The van der Waals surface area contributed by atoms with Gasteiger partial charge in [0.15, 0.2) is 0 Å². The second kappa shape index (κ2) is 6.10. The molecule has 17 heavy (non-hydrogen) atoms. The van der Waals surface area contributed by atoms with Gasteiger partial charge in [-0.15, -0.1) is 0 Å². The fraction of sp³-hybridized carbons (Fsp3) is 0.273. The summed E-state index contributed by atoms with van der Waals surface area (Å²) in [6.07, 6.45) is 0. The molecule has 0 radical (unpaired) electrons. The topological polar surface area (TPSA) is 84.2 Å². The first-order chi connectivity index (χ1) is 8.00. The van der Waals surface area contributed by atoms with E-state index in [9.17, 15) is 9.59 Å². The van der Waals surface area contributed by atoms with Crippen molar-refractivity contribution in [3.8, 4) is 0 Å². The van der Waals surface area contributed by atoms with Crippen LogP contribution >= 0.6 is 11.6 Å². The molecule has 6 heteroatoms. The van der Waals surface area contributed by atoms with Crippen molar-refractivity contribution in [3.05, 3.63) is 34.9 Å². The lowest BCUT2D eigenvalue weighted by Crippen LogP contribution is -2.46. The zero-order chi connectivity index (χ0) is 12.8. The van der Waals surface area contributed by atoms with Gasteiger partial charge in [0.2, 0.25) is 5.91 Å². The smallest absolute Gasteiger partial charge is 0.312 e. The van der Waals surface area contributed by atoms with Crippen molar-refractivity contribution in [3.63, 3.8) is 0 Å². The molecule has 1 aromatic rings. The van der Waals surface area contributed by atoms with Crippen LogP contribution in [0.2, 0.25) is 5.02 Å². The summed E-state index contributed by atoms with van der Waals surface area (Å²) >= 11 is 5.93. The van der Waals surface area contributed by atoms with Crippen molar-refractivity contribution >= 4 is 23.5 Å². The highest BCUT2D eigenvalue weighted by Crippen LogP contribution is 2.14. The van der Waals surface area contributed by atoms with E-state index < -0.39 is 12.1 Å². The molecule has 0 aliphatic rings. The molecule has 0 aliphatic carbocycles. The van der Waals surface area contributed by atoms with Crippen molar-refractivity contribution in [1.82, 2.24) is 10.6 Å². The Morgan fingerprint density at radius 1 is 1.41 bits per heavy atom. The SMILES string of the molecule is C[C@H](NC(N)=O)C(=O)NCc1ccccc1Cl. The second-order valence-electron chi connectivity index (χ2n) is 3.54. The molecule has 0 heterocycles. The van der Waals surface area contributed by atoms with Crippen LogP contribution in [0.25, 0.3) is 0 Å². The maximum Gasteiger partial charge on any atom is 0.312 e. The summed E-state index contributed by atoms with van der Waals surface area (Å²) in [5.41, 5.74) is 5.73. The Balaban J connectivity index is 2.48. The van der Waals surface area contributed by atoms with Gasteiger partial charge in [0, 0.05) is 11.6 Å². The van der Waals surface area contributed by atoms with Crippen molar-refractivity contribution in [2.24, 2.45) is 5.73 Å². The van der Waals surface area contributed by atoms with Crippen molar-refractivity contribution in [2.45, 2.75) is 19.5 Å². The number of urea groups is 1. The quantitative estimate of drug-likeness (QED) is 0.750. The van der Waals surface area contributed by atoms with E-state index in [0.29, 0.717) is 11.6 Å². The number of hydrogen-bond acceptors (Lipinski definition) is 2. The fourth-order valence-corrected chi connectivity index (χ4v) is 1.46. The second-order valence-corrected chi connectivity index (χ2v) is 3.95. The number of hydrogen-bond donors (Lipinski definition) is 3. The number of carbonyl (C=O) groups is 2.